The van der Waals surface area contributed by atoms with Gasteiger partial charge in [0.2, 0.25) is 0 Å². The van der Waals surface area contributed by atoms with Crippen LogP contribution < -0.4 is 15.7 Å². The fraction of sp³-hybridized carbons (Fsp3) is 0.0952. The normalized spacial score (nSPS) is 10.8. The molecule has 146 valence electrons. The van der Waals surface area contributed by atoms with Crippen LogP contribution in [0, 0.1) is 5.82 Å². The predicted molar refractivity (Wildman–Crippen MR) is 106 cm³/mol. The summed E-state index contributed by atoms with van der Waals surface area (Å²) in [5, 5.41) is 7.02. The number of rotatable bonds is 6. The zero-order valence-corrected chi connectivity index (χ0v) is 15.3. The van der Waals surface area contributed by atoms with E-state index in [1.54, 1.807) is 42.6 Å². The second-order valence-corrected chi connectivity index (χ2v) is 6.36. The third-order valence-electron chi connectivity index (χ3n) is 4.20. The Balaban J connectivity index is 1.42. The van der Waals surface area contributed by atoms with Crippen LogP contribution in [0.2, 0.25) is 0 Å². The number of nitrogens with zero attached hydrogens (tertiary/aromatic N) is 3. The number of benzene rings is 2. The highest BCUT2D eigenvalue weighted by molar-refractivity contribution is 5.91. The van der Waals surface area contributed by atoms with Crippen molar-refractivity contribution in [3.05, 3.63) is 94.8 Å². The molecule has 1 amide bonds. The van der Waals surface area contributed by atoms with E-state index in [2.05, 4.69) is 10.4 Å². The zero-order chi connectivity index (χ0) is 20.2. The van der Waals surface area contributed by atoms with E-state index in [1.165, 1.54) is 27.3 Å². The molecule has 29 heavy (non-hydrogen) atoms. The highest BCUT2D eigenvalue weighted by atomic mass is 19.1. The maximum absolute atomic E-state index is 13.1. The van der Waals surface area contributed by atoms with E-state index in [0.717, 1.165) is 5.56 Å². The average molecular weight is 392 g/mol. The Hall–Kier alpha value is -3.94. The Labute approximate surface area is 165 Å². The van der Waals surface area contributed by atoms with Crippen LogP contribution in [0.1, 0.15) is 5.56 Å². The highest BCUT2D eigenvalue weighted by Gasteiger charge is 2.08. The van der Waals surface area contributed by atoms with Crippen molar-refractivity contribution >= 4 is 17.2 Å². The van der Waals surface area contributed by atoms with E-state index in [1.807, 2.05) is 12.1 Å². The third kappa shape index (κ3) is 4.32. The summed E-state index contributed by atoms with van der Waals surface area (Å²) in [7, 11) is 0. The molecular weight excluding hydrogens is 375 g/mol. The monoisotopic (exact) mass is 392 g/mol. The van der Waals surface area contributed by atoms with Crippen molar-refractivity contribution in [1.82, 2.24) is 14.2 Å². The molecule has 0 aliphatic heterocycles. The van der Waals surface area contributed by atoms with Gasteiger partial charge in [-0.25, -0.2) is 13.9 Å². The summed E-state index contributed by atoms with van der Waals surface area (Å²) in [6.07, 6.45) is 1.66. The first-order chi connectivity index (χ1) is 14.1. The van der Waals surface area contributed by atoms with Gasteiger partial charge in [-0.1, -0.05) is 24.3 Å². The largest absolute Gasteiger partial charge is 0.484 e. The van der Waals surface area contributed by atoms with Crippen molar-refractivity contribution in [3.63, 3.8) is 0 Å². The highest BCUT2D eigenvalue weighted by Crippen LogP contribution is 2.14. The molecule has 7 nitrogen and oxygen atoms in total. The SMILES string of the molecule is O=C(COc1cccc(F)c1)Nc1cccc(Cn2nc3ccccn3c2=O)c1. The average Bonchev–Trinajstić information content (AvgIpc) is 3.02. The summed E-state index contributed by atoms with van der Waals surface area (Å²) in [4.78, 5) is 24.5. The van der Waals surface area contributed by atoms with Crippen LogP contribution in [0.15, 0.2) is 77.7 Å². The number of carbonyl (C=O) groups excluding carboxylic acids is 1. The molecule has 2 aromatic carbocycles. The van der Waals surface area contributed by atoms with Gasteiger partial charge in [0.25, 0.3) is 5.91 Å². The van der Waals surface area contributed by atoms with Crippen LogP contribution in [-0.4, -0.2) is 26.7 Å². The first kappa shape index (κ1) is 18.4. The number of amides is 1. The minimum absolute atomic E-state index is 0.237. The minimum atomic E-state index is -0.433. The Bertz CT molecular complexity index is 1230. The minimum Gasteiger partial charge on any atom is -0.484 e. The fourth-order valence-corrected chi connectivity index (χ4v) is 2.89. The lowest BCUT2D eigenvalue weighted by atomic mass is 10.2. The Morgan fingerprint density at radius 1 is 1.07 bits per heavy atom. The van der Waals surface area contributed by atoms with E-state index in [-0.39, 0.29) is 30.5 Å². The number of fused-ring (bicyclic) bond motifs is 1. The summed E-state index contributed by atoms with van der Waals surface area (Å²) in [5.41, 5.74) is 1.70. The standard InChI is InChI=1S/C21H17FN4O3/c22-16-6-4-8-18(12-16)29-14-20(27)23-17-7-3-5-15(11-17)13-26-21(28)25-10-2-1-9-19(25)24-26/h1-12H,13-14H2,(H,23,27). The lowest BCUT2D eigenvalue weighted by Crippen LogP contribution is -2.22. The number of carbonyl (C=O) groups is 1. The number of halogens is 1. The van der Waals surface area contributed by atoms with Crippen LogP contribution in [-0.2, 0) is 11.3 Å². The van der Waals surface area contributed by atoms with Crippen LogP contribution in [0.5, 0.6) is 5.75 Å². The van der Waals surface area contributed by atoms with Gasteiger partial charge in [0.15, 0.2) is 12.3 Å². The molecule has 0 aliphatic carbocycles. The van der Waals surface area contributed by atoms with E-state index in [9.17, 15) is 14.0 Å². The number of hydrogen-bond donors (Lipinski definition) is 1. The van der Waals surface area contributed by atoms with Gasteiger partial charge in [-0.05, 0) is 42.0 Å². The summed E-state index contributed by atoms with van der Waals surface area (Å²) >= 11 is 0. The molecule has 0 bridgehead atoms. The quantitative estimate of drug-likeness (QED) is 0.547. The smallest absolute Gasteiger partial charge is 0.350 e. The van der Waals surface area contributed by atoms with E-state index in [4.69, 9.17) is 4.74 Å². The van der Waals surface area contributed by atoms with Crippen LogP contribution in [0.25, 0.3) is 5.65 Å². The summed E-state index contributed by atoms with van der Waals surface area (Å²) in [5.74, 6) is -0.533. The van der Waals surface area contributed by atoms with Crippen LogP contribution in [0.4, 0.5) is 10.1 Å². The zero-order valence-electron chi connectivity index (χ0n) is 15.3. The van der Waals surface area contributed by atoms with Crippen molar-refractivity contribution in [2.24, 2.45) is 0 Å². The predicted octanol–water partition coefficient (Wildman–Crippen LogP) is 2.70. The number of ether oxygens (including phenoxy) is 1. The molecule has 0 saturated carbocycles. The van der Waals surface area contributed by atoms with Crippen molar-refractivity contribution in [1.29, 1.82) is 0 Å². The molecule has 4 aromatic rings. The Morgan fingerprint density at radius 3 is 2.76 bits per heavy atom. The number of aromatic nitrogens is 3. The van der Waals surface area contributed by atoms with E-state index in [0.29, 0.717) is 11.3 Å². The molecule has 0 radical (unpaired) electrons. The molecular formula is C21H17FN4O3. The van der Waals surface area contributed by atoms with Gasteiger partial charge >= 0.3 is 5.69 Å². The molecule has 2 heterocycles. The van der Waals surface area contributed by atoms with Gasteiger partial charge in [0, 0.05) is 18.0 Å². The number of pyridine rings is 1. The number of nitrogens with one attached hydrogen (secondary N) is 1. The molecule has 0 unspecified atom stereocenters. The molecule has 0 atom stereocenters. The summed E-state index contributed by atoms with van der Waals surface area (Å²) in [6.45, 7) is 0.0175. The molecule has 1 N–H and O–H groups in total. The number of anilines is 1. The Morgan fingerprint density at radius 2 is 1.93 bits per heavy atom. The maximum Gasteiger partial charge on any atom is 0.350 e. The van der Waals surface area contributed by atoms with Gasteiger partial charge in [-0.2, -0.15) is 0 Å². The van der Waals surface area contributed by atoms with Gasteiger partial charge < -0.3 is 10.1 Å². The van der Waals surface area contributed by atoms with Crippen molar-refractivity contribution in [2.45, 2.75) is 6.54 Å². The van der Waals surface area contributed by atoms with Crippen LogP contribution >= 0.6 is 0 Å². The van der Waals surface area contributed by atoms with Crippen molar-refractivity contribution in [2.75, 3.05) is 11.9 Å². The topological polar surface area (TPSA) is 77.6 Å². The maximum atomic E-state index is 13.1. The second-order valence-electron chi connectivity index (χ2n) is 6.36. The number of hydrogen-bond acceptors (Lipinski definition) is 4. The van der Waals surface area contributed by atoms with E-state index >= 15 is 0 Å². The molecule has 0 spiro atoms. The second kappa shape index (κ2) is 7.97. The molecule has 0 saturated heterocycles. The van der Waals surface area contributed by atoms with Gasteiger partial charge in [-0.3, -0.25) is 9.20 Å². The van der Waals surface area contributed by atoms with Gasteiger partial charge in [0.05, 0.1) is 6.54 Å². The molecule has 0 fully saturated rings. The third-order valence-corrected chi connectivity index (χ3v) is 4.20. The van der Waals surface area contributed by atoms with Crippen molar-refractivity contribution in [3.8, 4) is 5.75 Å². The molecule has 4 rings (SSSR count). The molecule has 2 aromatic heterocycles. The van der Waals surface area contributed by atoms with E-state index < -0.39 is 5.82 Å². The van der Waals surface area contributed by atoms with Crippen LogP contribution in [0.3, 0.4) is 0 Å². The summed E-state index contributed by atoms with van der Waals surface area (Å²) < 4.78 is 21.3. The lowest BCUT2D eigenvalue weighted by molar-refractivity contribution is -0.118. The molecule has 0 aliphatic rings. The molecule has 8 heteroatoms. The summed E-state index contributed by atoms with van der Waals surface area (Å²) in [6, 6.07) is 18.0. The van der Waals surface area contributed by atoms with Gasteiger partial charge in [0.1, 0.15) is 11.6 Å². The van der Waals surface area contributed by atoms with Crippen molar-refractivity contribution < 1.29 is 13.9 Å². The van der Waals surface area contributed by atoms with Gasteiger partial charge in [-0.15, -0.1) is 5.10 Å². The lowest BCUT2D eigenvalue weighted by Gasteiger charge is -2.09. The first-order valence-electron chi connectivity index (χ1n) is 8.90. The first-order valence-corrected chi connectivity index (χ1v) is 8.90. The Kier molecular flexibility index (Phi) is 5.07. The fourth-order valence-electron chi connectivity index (χ4n) is 2.89.